The number of hydrogen-bond donors (Lipinski definition) is 1. The highest BCUT2D eigenvalue weighted by molar-refractivity contribution is 7.98. The summed E-state index contributed by atoms with van der Waals surface area (Å²) in [5.41, 5.74) is 0.976. The number of aromatic nitrogens is 4. The van der Waals surface area contributed by atoms with Gasteiger partial charge in [-0.2, -0.15) is 4.98 Å². The van der Waals surface area contributed by atoms with Crippen molar-refractivity contribution >= 4 is 28.6 Å². The van der Waals surface area contributed by atoms with Crippen LogP contribution >= 0.6 is 11.8 Å². The normalized spacial score (nSPS) is 11.0. The van der Waals surface area contributed by atoms with Crippen molar-refractivity contribution in [3.8, 4) is 0 Å². The molecule has 0 radical (unpaired) electrons. The zero-order chi connectivity index (χ0) is 21.8. The molecule has 158 valence electrons. The lowest BCUT2D eigenvalue weighted by molar-refractivity contribution is 0.0745. The van der Waals surface area contributed by atoms with Gasteiger partial charge in [-0.05, 0) is 31.2 Å². The Hall–Kier alpha value is -3.46. The fourth-order valence-electron chi connectivity index (χ4n) is 3.20. The molecule has 31 heavy (non-hydrogen) atoms. The Bertz CT molecular complexity index is 1280. The number of hydrogen-bond acceptors (Lipinski definition) is 7. The van der Waals surface area contributed by atoms with Crippen molar-refractivity contribution in [2.24, 2.45) is 0 Å². The number of nitrogens with zero attached hydrogens (tertiary/aromatic N) is 4. The number of rotatable bonds is 7. The van der Waals surface area contributed by atoms with Gasteiger partial charge in [-0.3, -0.25) is 9.59 Å². The van der Waals surface area contributed by atoms with Gasteiger partial charge in [0, 0.05) is 18.4 Å². The van der Waals surface area contributed by atoms with Crippen LogP contribution in [0.15, 0.2) is 62.7 Å². The maximum atomic E-state index is 13.3. The van der Waals surface area contributed by atoms with E-state index in [0.717, 1.165) is 4.90 Å². The van der Waals surface area contributed by atoms with Crippen LogP contribution in [0.25, 0.3) is 10.9 Å². The van der Waals surface area contributed by atoms with E-state index in [1.54, 1.807) is 36.1 Å². The van der Waals surface area contributed by atoms with E-state index in [-0.39, 0.29) is 18.0 Å². The van der Waals surface area contributed by atoms with Crippen molar-refractivity contribution in [3.63, 3.8) is 0 Å². The van der Waals surface area contributed by atoms with Gasteiger partial charge in [0.25, 0.3) is 11.5 Å². The Morgan fingerprint density at radius 1 is 1.13 bits per heavy atom. The number of carbonyl (C=O) groups excluding carboxylic acids is 1. The molecule has 0 unspecified atom stereocenters. The number of thioether (sulfide) groups is 1. The van der Waals surface area contributed by atoms with E-state index in [4.69, 9.17) is 4.52 Å². The van der Waals surface area contributed by atoms with Crippen molar-refractivity contribution in [1.29, 1.82) is 0 Å². The second kappa shape index (κ2) is 9.13. The quantitative estimate of drug-likeness (QED) is 0.442. The minimum atomic E-state index is -0.213. The Balaban J connectivity index is 1.56. The van der Waals surface area contributed by atoms with E-state index in [9.17, 15) is 9.59 Å². The standard InChI is InChI=1S/C22H21N5O3S/c1-3-27(12-19-24-17-10-6-4-8-15(17)21(28)25-19)22(29)16-9-5-7-11-18(16)31-13-20-23-14(2)30-26-20/h4-11H,3,12-13H2,1-2H3,(H,24,25,28). The maximum Gasteiger partial charge on any atom is 0.258 e. The second-order valence-corrected chi connectivity index (χ2v) is 7.88. The molecule has 0 saturated carbocycles. The van der Waals surface area contributed by atoms with Crippen LogP contribution in [0.1, 0.15) is 34.8 Å². The first kappa shape index (κ1) is 20.8. The summed E-state index contributed by atoms with van der Waals surface area (Å²) >= 11 is 1.47. The van der Waals surface area contributed by atoms with E-state index >= 15 is 0 Å². The van der Waals surface area contributed by atoms with Crippen LogP contribution in [-0.4, -0.2) is 37.5 Å². The third-order valence-corrected chi connectivity index (χ3v) is 5.78. The van der Waals surface area contributed by atoms with Crippen molar-refractivity contribution < 1.29 is 9.32 Å². The Morgan fingerprint density at radius 2 is 1.90 bits per heavy atom. The topological polar surface area (TPSA) is 105 Å². The first-order chi connectivity index (χ1) is 15.0. The zero-order valence-electron chi connectivity index (χ0n) is 17.2. The highest BCUT2D eigenvalue weighted by Crippen LogP contribution is 2.27. The average Bonchev–Trinajstić information content (AvgIpc) is 3.21. The van der Waals surface area contributed by atoms with E-state index in [0.29, 0.717) is 46.3 Å². The summed E-state index contributed by atoms with van der Waals surface area (Å²) in [6, 6.07) is 14.6. The van der Waals surface area contributed by atoms with Crippen LogP contribution in [0.5, 0.6) is 0 Å². The van der Waals surface area contributed by atoms with E-state index < -0.39 is 0 Å². The molecule has 1 amide bonds. The number of carbonyl (C=O) groups is 1. The van der Waals surface area contributed by atoms with Crippen molar-refractivity contribution in [1.82, 2.24) is 25.0 Å². The van der Waals surface area contributed by atoms with Crippen LogP contribution in [0.3, 0.4) is 0 Å². The predicted octanol–water partition coefficient (Wildman–Crippen LogP) is 3.57. The summed E-state index contributed by atoms with van der Waals surface area (Å²) in [7, 11) is 0. The lowest BCUT2D eigenvalue weighted by Gasteiger charge is -2.21. The summed E-state index contributed by atoms with van der Waals surface area (Å²) in [5.74, 6) is 1.90. The molecular weight excluding hydrogens is 414 g/mol. The van der Waals surface area contributed by atoms with Gasteiger partial charge in [-0.25, -0.2) is 4.98 Å². The molecule has 2 heterocycles. The van der Waals surface area contributed by atoms with Crippen molar-refractivity contribution in [2.75, 3.05) is 6.54 Å². The van der Waals surface area contributed by atoms with Crippen LogP contribution in [0, 0.1) is 6.92 Å². The molecule has 4 aromatic rings. The molecule has 0 atom stereocenters. The molecule has 0 aliphatic rings. The summed E-state index contributed by atoms with van der Waals surface area (Å²) in [4.78, 5) is 39.7. The van der Waals surface area contributed by atoms with Crippen LogP contribution in [0.2, 0.25) is 0 Å². The summed E-state index contributed by atoms with van der Waals surface area (Å²) < 4.78 is 5.01. The van der Waals surface area contributed by atoms with Gasteiger partial charge in [0.05, 0.1) is 28.8 Å². The fourth-order valence-corrected chi connectivity index (χ4v) is 4.09. The molecule has 0 aliphatic carbocycles. The number of fused-ring (bicyclic) bond motifs is 1. The van der Waals surface area contributed by atoms with E-state index in [2.05, 4.69) is 20.1 Å². The molecule has 0 saturated heterocycles. The minimum absolute atomic E-state index is 0.134. The number of amides is 1. The van der Waals surface area contributed by atoms with Crippen LogP contribution in [-0.2, 0) is 12.3 Å². The molecule has 0 aliphatic heterocycles. The number of nitrogens with one attached hydrogen (secondary N) is 1. The van der Waals surface area contributed by atoms with Gasteiger partial charge < -0.3 is 14.4 Å². The predicted molar refractivity (Wildman–Crippen MR) is 118 cm³/mol. The molecule has 2 aromatic carbocycles. The molecule has 0 bridgehead atoms. The molecule has 2 aromatic heterocycles. The maximum absolute atomic E-state index is 13.3. The van der Waals surface area contributed by atoms with E-state index in [1.807, 2.05) is 31.2 Å². The monoisotopic (exact) mass is 435 g/mol. The number of H-pyrrole nitrogens is 1. The molecule has 8 nitrogen and oxygen atoms in total. The third-order valence-electron chi connectivity index (χ3n) is 4.72. The average molecular weight is 436 g/mol. The highest BCUT2D eigenvalue weighted by atomic mass is 32.2. The lowest BCUT2D eigenvalue weighted by Crippen LogP contribution is -2.32. The van der Waals surface area contributed by atoms with E-state index in [1.165, 1.54) is 11.8 Å². The second-order valence-electron chi connectivity index (χ2n) is 6.86. The lowest BCUT2D eigenvalue weighted by atomic mass is 10.2. The molecule has 0 fully saturated rings. The smallest absolute Gasteiger partial charge is 0.258 e. The number of aryl methyl sites for hydroxylation is 1. The Kier molecular flexibility index (Phi) is 6.13. The van der Waals surface area contributed by atoms with Gasteiger partial charge in [0.1, 0.15) is 5.82 Å². The molecule has 0 spiro atoms. The first-order valence-electron chi connectivity index (χ1n) is 9.83. The van der Waals surface area contributed by atoms with Crippen LogP contribution < -0.4 is 5.56 Å². The Morgan fingerprint density at radius 3 is 2.68 bits per heavy atom. The number of benzene rings is 2. The third kappa shape index (κ3) is 4.66. The minimum Gasteiger partial charge on any atom is -0.340 e. The van der Waals surface area contributed by atoms with Gasteiger partial charge in [0.15, 0.2) is 5.82 Å². The Labute approximate surface area is 182 Å². The molecule has 4 rings (SSSR count). The van der Waals surface area contributed by atoms with Crippen molar-refractivity contribution in [2.45, 2.75) is 31.0 Å². The fraction of sp³-hybridized carbons (Fsp3) is 0.227. The molecule has 9 heteroatoms. The summed E-state index contributed by atoms with van der Waals surface area (Å²) in [6.07, 6.45) is 0. The van der Waals surface area contributed by atoms with Crippen LogP contribution in [0.4, 0.5) is 0 Å². The molecule has 1 N–H and O–H groups in total. The van der Waals surface area contributed by atoms with Crippen molar-refractivity contribution in [3.05, 3.63) is 82.0 Å². The first-order valence-corrected chi connectivity index (χ1v) is 10.8. The largest absolute Gasteiger partial charge is 0.340 e. The van der Waals surface area contributed by atoms with Gasteiger partial charge in [0.2, 0.25) is 5.89 Å². The number of para-hydroxylation sites is 1. The summed E-state index contributed by atoms with van der Waals surface area (Å²) in [5, 5.41) is 4.43. The zero-order valence-corrected chi connectivity index (χ0v) is 18.0. The molecular formula is C22H21N5O3S. The highest BCUT2D eigenvalue weighted by Gasteiger charge is 2.19. The summed E-state index contributed by atoms with van der Waals surface area (Å²) in [6.45, 7) is 4.31. The van der Waals surface area contributed by atoms with Gasteiger partial charge in [-0.1, -0.05) is 29.4 Å². The SMILES string of the molecule is CCN(Cc1nc2ccccc2c(=O)[nH]1)C(=O)c1ccccc1SCc1noc(C)n1. The van der Waals surface area contributed by atoms with Gasteiger partial charge in [-0.15, -0.1) is 11.8 Å². The number of aromatic amines is 1. The van der Waals surface area contributed by atoms with Gasteiger partial charge >= 0.3 is 0 Å².